The van der Waals surface area contributed by atoms with E-state index in [9.17, 15) is 14.4 Å². The monoisotopic (exact) mass is 613 g/mol. The van der Waals surface area contributed by atoms with E-state index in [0.717, 1.165) is 36.8 Å². The van der Waals surface area contributed by atoms with Gasteiger partial charge in [-0.2, -0.15) is 0 Å². The summed E-state index contributed by atoms with van der Waals surface area (Å²) in [5, 5.41) is 15.2. The molecule has 3 N–H and O–H groups in total. The number of rotatable bonds is 12. The maximum absolute atomic E-state index is 14.1. The van der Waals surface area contributed by atoms with Gasteiger partial charge in [0.2, 0.25) is 17.7 Å². The summed E-state index contributed by atoms with van der Waals surface area (Å²) in [7, 11) is 0. The molecule has 3 aliphatic heterocycles. The number of carbonyl (C=O) groups excluding carboxylic acids is 3. The van der Waals surface area contributed by atoms with Crippen LogP contribution in [-0.4, -0.2) is 61.7 Å². The Bertz CT molecular complexity index is 1170. The molecule has 3 aliphatic rings. The molecule has 2 aromatic carbocycles. The van der Waals surface area contributed by atoms with Gasteiger partial charge in [0.05, 0.1) is 16.6 Å². The average Bonchev–Trinajstić information content (AvgIpc) is 3.55. The minimum absolute atomic E-state index is 0.0490. The Morgan fingerprint density at radius 3 is 2.13 bits per heavy atom. The van der Waals surface area contributed by atoms with Gasteiger partial charge in [-0.05, 0) is 30.4 Å². The highest BCUT2D eigenvalue weighted by Crippen LogP contribution is 2.67. The van der Waals surface area contributed by atoms with Gasteiger partial charge in [-0.1, -0.05) is 89.4 Å². The lowest BCUT2D eigenvalue weighted by Gasteiger charge is -2.35. The number of alkyl halides is 1. The Morgan fingerprint density at radius 2 is 1.51 bits per heavy atom. The molecular weight excluding hydrogens is 578 g/mol. The fourth-order valence-electron chi connectivity index (χ4n) is 6.50. The largest absolute Gasteiger partial charge is 0.396 e. The van der Waals surface area contributed by atoms with Gasteiger partial charge in [-0.25, -0.2) is 0 Å². The Morgan fingerprint density at radius 1 is 0.923 bits per heavy atom. The van der Waals surface area contributed by atoms with Gasteiger partial charge in [0.1, 0.15) is 6.04 Å². The number of thioether (sulfide) groups is 1. The van der Waals surface area contributed by atoms with E-state index in [2.05, 4.69) is 26.6 Å². The molecule has 3 heterocycles. The van der Waals surface area contributed by atoms with Crippen LogP contribution in [0.15, 0.2) is 60.7 Å². The highest BCUT2D eigenvalue weighted by molar-refractivity contribution is 9.09. The van der Waals surface area contributed by atoms with Crippen LogP contribution >= 0.6 is 27.7 Å². The number of nitrogens with one attached hydrogen (secondary N) is 2. The number of amides is 3. The maximum atomic E-state index is 14.1. The van der Waals surface area contributed by atoms with Gasteiger partial charge >= 0.3 is 0 Å². The molecule has 0 aromatic heterocycles. The van der Waals surface area contributed by atoms with E-state index in [0.29, 0.717) is 26.1 Å². The van der Waals surface area contributed by atoms with Gasteiger partial charge in [0.15, 0.2) is 0 Å². The maximum Gasteiger partial charge on any atom is 0.244 e. The van der Waals surface area contributed by atoms with Crippen molar-refractivity contribution in [2.75, 3.05) is 13.2 Å². The number of aliphatic hydroxyl groups excluding tert-OH is 1. The van der Waals surface area contributed by atoms with Crippen LogP contribution in [0, 0.1) is 11.8 Å². The molecule has 208 valence electrons. The van der Waals surface area contributed by atoms with Crippen molar-refractivity contribution in [3.63, 3.8) is 0 Å². The van der Waals surface area contributed by atoms with Crippen molar-refractivity contribution >= 4 is 45.4 Å². The minimum atomic E-state index is -0.642. The number of unbranched alkanes of at least 4 members (excludes halogenated alkanes) is 3. The van der Waals surface area contributed by atoms with Crippen molar-refractivity contribution in [2.45, 2.75) is 66.1 Å². The summed E-state index contributed by atoms with van der Waals surface area (Å²) >= 11 is 5.48. The van der Waals surface area contributed by atoms with Gasteiger partial charge in [-0.3, -0.25) is 14.4 Å². The normalized spacial score (nSPS) is 28.9. The first-order valence-corrected chi connectivity index (χ1v) is 15.6. The van der Waals surface area contributed by atoms with Crippen LogP contribution in [-0.2, 0) is 27.5 Å². The molecule has 3 amide bonds. The topological polar surface area (TPSA) is 98.7 Å². The fraction of sp³-hybridized carbons (Fsp3) is 0.500. The van der Waals surface area contributed by atoms with Gasteiger partial charge in [-0.15, -0.1) is 11.8 Å². The number of carbonyl (C=O) groups is 3. The second-order valence-corrected chi connectivity index (χ2v) is 13.5. The number of halogens is 1. The second-order valence-electron chi connectivity index (χ2n) is 10.7. The van der Waals surface area contributed by atoms with E-state index >= 15 is 0 Å². The van der Waals surface area contributed by atoms with E-state index in [4.69, 9.17) is 5.11 Å². The van der Waals surface area contributed by atoms with Crippen molar-refractivity contribution in [3.8, 4) is 0 Å². The third-order valence-electron chi connectivity index (χ3n) is 8.27. The van der Waals surface area contributed by atoms with E-state index in [1.165, 1.54) is 0 Å². The van der Waals surface area contributed by atoms with Crippen LogP contribution in [0.3, 0.4) is 0 Å². The molecule has 0 aliphatic carbocycles. The zero-order valence-electron chi connectivity index (χ0n) is 21.9. The lowest BCUT2D eigenvalue weighted by molar-refractivity contribution is -0.140. The molecule has 0 radical (unpaired) electrons. The summed E-state index contributed by atoms with van der Waals surface area (Å²) in [4.78, 5) is 43.4. The quantitative estimate of drug-likeness (QED) is 0.251. The summed E-state index contributed by atoms with van der Waals surface area (Å²) in [6.07, 6.45) is 3.91. The standard InChI is InChI=1S/C30H36BrN3O4S/c31-22-17-30-24(23(25(22)39-30)27(36)32-18-20-11-5-3-6-12-20)29(38)34(15-9-1-2-10-16-35)26(30)28(37)33-19-21-13-7-4-8-14-21/h3-8,11-14,22-26,35H,1-2,9-10,15-19H2,(H,32,36)(H,33,37)/t22?,23-,24-,25-,26?,30?/m0/s1. The number of aliphatic hydroxyl groups is 1. The number of hydrogen-bond donors (Lipinski definition) is 3. The van der Waals surface area contributed by atoms with Crippen molar-refractivity contribution in [1.29, 1.82) is 0 Å². The average molecular weight is 615 g/mol. The van der Waals surface area contributed by atoms with Gasteiger partial charge in [0, 0.05) is 36.3 Å². The molecule has 3 fully saturated rings. The van der Waals surface area contributed by atoms with Crippen LogP contribution in [0.1, 0.15) is 43.2 Å². The highest BCUT2D eigenvalue weighted by Gasteiger charge is 2.75. The van der Waals surface area contributed by atoms with Crippen LogP contribution in [0.5, 0.6) is 0 Å². The minimum Gasteiger partial charge on any atom is -0.396 e. The lowest BCUT2D eigenvalue weighted by Crippen LogP contribution is -2.54. The van der Waals surface area contributed by atoms with Crippen molar-refractivity contribution in [1.82, 2.24) is 15.5 Å². The van der Waals surface area contributed by atoms with Crippen molar-refractivity contribution < 1.29 is 19.5 Å². The van der Waals surface area contributed by atoms with Crippen molar-refractivity contribution in [3.05, 3.63) is 71.8 Å². The van der Waals surface area contributed by atoms with E-state index in [1.54, 1.807) is 16.7 Å². The van der Waals surface area contributed by atoms with Gasteiger partial charge in [0.25, 0.3) is 0 Å². The number of fused-ring (bicyclic) bond motifs is 1. The van der Waals surface area contributed by atoms with Crippen molar-refractivity contribution in [2.24, 2.45) is 11.8 Å². The first-order valence-electron chi connectivity index (χ1n) is 13.8. The van der Waals surface area contributed by atoms with Gasteiger partial charge < -0.3 is 20.6 Å². The van der Waals surface area contributed by atoms with Crippen LogP contribution in [0.25, 0.3) is 0 Å². The summed E-state index contributed by atoms with van der Waals surface area (Å²) in [5.74, 6) is -1.36. The molecule has 7 nitrogen and oxygen atoms in total. The number of hydrogen-bond acceptors (Lipinski definition) is 5. The molecule has 1 spiro atoms. The van der Waals surface area contributed by atoms with Crippen LogP contribution in [0.4, 0.5) is 0 Å². The zero-order valence-corrected chi connectivity index (χ0v) is 24.3. The van der Waals surface area contributed by atoms with Crippen LogP contribution in [0.2, 0.25) is 0 Å². The predicted octanol–water partition coefficient (Wildman–Crippen LogP) is 3.64. The Kier molecular flexibility index (Phi) is 8.99. The third kappa shape index (κ3) is 5.63. The lowest BCUT2D eigenvalue weighted by atomic mass is 9.70. The SMILES string of the molecule is O=C(NCc1ccccc1)C1N(CCCCCCO)C(=O)[C@@H]2[C@H](C(=O)NCc3ccccc3)[C@H]3SC12CC3Br. The molecule has 6 atom stereocenters. The molecule has 0 saturated carbocycles. The Hall–Kier alpha value is -2.36. The molecule has 3 unspecified atom stereocenters. The second kappa shape index (κ2) is 12.4. The molecule has 3 saturated heterocycles. The highest BCUT2D eigenvalue weighted by atomic mass is 79.9. The molecule has 2 bridgehead atoms. The summed E-state index contributed by atoms with van der Waals surface area (Å²) in [6.45, 7) is 1.43. The first-order chi connectivity index (χ1) is 19.0. The van der Waals surface area contributed by atoms with E-state index in [1.807, 2.05) is 60.7 Å². The summed E-state index contributed by atoms with van der Waals surface area (Å²) < 4.78 is -0.642. The molecule has 9 heteroatoms. The molecule has 39 heavy (non-hydrogen) atoms. The van der Waals surface area contributed by atoms with Crippen LogP contribution < -0.4 is 10.6 Å². The Labute approximate surface area is 242 Å². The number of nitrogens with zero attached hydrogens (tertiary/aromatic N) is 1. The smallest absolute Gasteiger partial charge is 0.244 e. The summed E-state index contributed by atoms with van der Waals surface area (Å²) in [5.41, 5.74) is 2.01. The van der Waals surface area contributed by atoms with E-state index in [-0.39, 0.29) is 34.4 Å². The molecule has 2 aromatic rings. The fourth-order valence-corrected chi connectivity index (χ4v) is 10.1. The number of benzene rings is 2. The Balaban J connectivity index is 1.37. The summed E-state index contributed by atoms with van der Waals surface area (Å²) in [6, 6.07) is 18.9. The molecule has 5 rings (SSSR count). The first kappa shape index (κ1) is 28.2. The third-order valence-corrected chi connectivity index (χ3v) is 11.5. The van der Waals surface area contributed by atoms with E-state index < -0.39 is 22.6 Å². The predicted molar refractivity (Wildman–Crippen MR) is 156 cm³/mol. The molecular formula is C30H36BrN3O4S. The zero-order chi connectivity index (χ0) is 27.4. The number of likely N-dealkylation sites (tertiary alicyclic amines) is 1.